The number of hydrogen-bond acceptors (Lipinski definition) is 4. The fourth-order valence-corrected chi connectivity index (χ4v) is 4.76. The van der Waals surface area contributed by atoms with E-state index in [1.807, 2.05) is 6.92 Å². The summed E-state index contributed by atoms with van der Waals surface area (Å²) in [4.78, 5) is 0. The van der Waals surface area contributed by atoms with E-state index in [1.165, 1.54) is 12.8 Å². The highest BCUT2D eigenvalue weighted by Crippen LogP contribution is 2.30. The molecular weight excluding hydrogens is 333 g/mol. The molecule has 1 saturated carbocycles. The Labute approximate surface area is 136 Å². The molecule has 2 heterocycles. The molecule has 1 saturated heterocycles. The fourth-order valence-electron chi connectivity index (χ4n) is 2.69. The summed E-state index contributed by atoms with van der Waals surface area (Å²) in [6.45, 7) is 3.67. The van der Waals surface area contributed by atoms with Gasteiger partial charge in [0.2, 0.25) is 0 Å². The van der Waals surface area contributed by atoms with Gasteiger partial charge >= 0.3 is 0 Å². The summed E-state index contributed by atoms with van der Waals surface area (Å²) >= 11 is 6.40. The number of aryl methyl sites for hydroxylation is 1. The van der Waals surface area contributed by atoms with Crippen LogP contribution in [0, 0.1) is 12.8 Å². The van der Waals surface area contributed by atoms with E-state index in [0.29, 0.717) is 18.1 Å². The van der Waals surface area contributed by atoms with Crippen LogP contribution in [0.1, 0.15) is 36.6 Å². The lowest BCUT2D eigenvalue weighted by atomic mass is 10.2. The van der Waals surface area contributed by atoms with Gasteiger partial charge in [-0.2, -0.15) is 5.10 Å². The molecule has 21 heavy (non-hydrogen) atoms. The third-order valence-corrected chi connectivity index (χ3v) is 6.28. The van der Waals surface area contributed by atoms with Gasteiger partial charge in [-0.05, 0) is 38.6 Å². The quantitative estimate of drug-likeness (QED) is 0.880. The molecule has 3 rings (SSSR count). The number of nitrogens with zero attached hydrogens (tertiary/aromatic N) is 2. The first kappa shape index (κ1) is 17.1. The summed E-state index contributed by atoms with van der Waals surface area (Å²) in [5, 5.41) is 8.45. The van der Waals surface area contributed by atoms with Crippen LogP contribution in [0.2, 0.25) is 5.15 Å². The smallest absolute Gasteiger partial charge is 0.152 e. The molecule has 0 aromatic carbocycles. The van der Waals surface area contributed by atoms with Crippen molar-refractivity contribution in [3.05, 3.63) is 16.4 Å². The van der Waals surface area contributed by atoms with Crippen molar-refractivity contribution in [2.75, 3.05) is 18.1 Å². The van der Waals surface area contributed by atoms with Crippen molar-refractivity contribution in [2.24, 2.45) is 5.92 Å². The average molecular weight is 354 g/mol. The number of aromatic nitrogens is 2. The van der Waals surface area contributed by atoms with Crippen LogP contribution >= 0.6 is 24.0 Å². The Kier molecular flexibility index (Phi) is 5.23. The third kappa shape index (κ3) is 3.92. The first-order valence-corrected chi connectivity index (χ1v) is 9.31. The molecule has 1 atom stereocenters. The van der Waals surface area contributed by atoms with E-state index >= 15 is 0 Å². The van der Waals surface area contributed by atoms with Crippen LogP contribution in [0.25, 0.3) is 0 Å². The van der Waals surface area contributed by atoms with E-state index in [2.05, 4.69) is 10.4 Å². The van der Waals surface area contributed by atoms with Crippen molar-refractivity contribution in [2.45, 2.75) is 38.8 Å². The molecule has 8 heteroatoms. The molecule has 1 aromatic rings. The molecule has 0 bridgehead atoms. The van der Waals surface area contributed by atoms with E-state index in [-0.39, 0.29) is 30.0 Å². The molecule has 1 unspecified atom stereocenters. The van der Waals surface area contributed by atoms with Gasteiger partial charge in [0.05, 0.1) is 23.2 Å². The van der Waals surface area contributed by atoms with Gasteiger partial charge in [-0.3, -0.25) is 0 Å². The third-order valence-electron chi connectivity index (χ3n) is 4.13. The van der Waals surface area contributed by atoms with E-state index in [0.717, 1.165) is 23.7 Å². The molecule has 2 aliphatic rings. The van der Waals surface area contributed by atoms with Crippen LogP contribution in [0.3, 0.4) is 0 Å². The molecule has 2 fully saturated rings. The minimum absolute atomic E-state index is 0. The van der Waals surface area contributed by atoms with Gasteiger partial charge in [0.25, 0.3) is 0 Å². The second-order valence-electron chi connectivity index (χ2n) is 5.93. The van der Waals surface area contributed by atoms with Gasteiger partial charge in [0.15, 0.2) is 9.84 Å². The van der Waals surface area contributed by atoms with Gasteiger partial charge in [-0.15, -0.1) is 12.4 Å². The Bertz CT molecular complexity index is 611. The minimum Gasteiger partial charge on any atom is -0.312 e. The van der Waals surface area contributed by atoms with Gasteiger partial charge < -0.3 is 5.32 Å². The fraction of sp³-hybridized carbons (Fsp3) is 0.769. The number of sulfone groups is 1. The lowest BCUT2D eigenvalue weighted by Crippen LogP contribution is -2.17. The standard InChI is InChI=1S/C13H20ClN3O2S.ClH/c1-9-12(7-15-6-10-2-3-10)13(14)17(16-9)11-4-5-20(18,19)8-11;/h10-11,15H,2-8H2,1H3;1H. The van der Waals surface area contributed by atoms with Gasteiger partial charge in [0, 0.05) is 12.1 Å². The maximum atomic E-state index is 11.6. The minimum atomic E-state index is -2.92. The first-order valence-electron chi connectivity index (χ1n) is 7.11. The van der Waals surface area contributed by atoms with Gasteiger partial charge in [-0.1, -0.05) is 11.6 Å². The van der Waals surface area contributed by atoms with Gasteiger partial charge in [0.1, 0.15) is 5.15 Å². The van der Waals surface area contributed by atoms with Crippen molar-refractivity contribution >= 4 is 33.8 Å². The molecule has 120 valence electrons. The van der Waals surface area contributed by atoms with Crippen molar-refractivity contribution in [1.29, 1.82) is 0 Å². The normalized spacial score (nSPS) is 24.0. The van der Waals surface area contributed by atoms with Crippen molar-refractivity contribution < 1.29 is 8.42 Å². The Balaban J connectivity index is 0.00000161. The Morgan fingerprint density at radius 1 is 1.38 bits per heavy atom. The number of rotatable bonds is 5. The zero-order valence-corrected chi connectivity index (χ0v) is 14.4. The molecule has 1 aliphatic heterocycles. The number of hydrogen-bond donors (Lipinski definition) is 1. The number of nitrogens with one attached hydrogen (secondary N) is 1. The summed E-state index contributed by atoms with van der Waals surface area (Å²) in [5.41, 5.74) is 1.89. The van der Waals surface area contributed by atoms with Crippen LogP contribution in [-0.2, 0) is 16.4 Å². The predicted molar refractivity (Wildman–Crippen MR) is 86.0 cm³/mol. The van der Waals surface area contributed by atoms with E-state index in [1.54, 1.807) is 4.68 Å². The maximum absolute atomic E-state index is 11.6. The lowest BCUT2D eigenvalue weighted by Gasteiger charge is -2.10. The molecule has 5 nitrogen and oxygen atoms in total. The second kappa shape index (κ2) is 6.44. The van der Waals surface area contributed by atoms with Gasteiger partial charge in [-0.25, -0.2) is 13.1 Å². The van der Waals surface area contributed by atoms with Crippen LogP contribution in [0.4, 0.5) is 0 Å². The van der Waals surface area contributed by atoms with E-state index < -0.39 is 9.84 Å². The summed E-state index contributed by atoms with van der Waals surface area (Å²) in [6, 6.07) is -0.108. The first-order chi connectivity index (χ1) is 9.46. The molecular formula is C13H21Cl2N3O2S. The molecule has 1 N–H and O–H groups in total. The molecule has 0 amide bonds. The van der Waals surface area contributed by atoms with Crippen LogP contribution in [0.15, 0.2) is 0 Å². The Morgan fingerprint density at radius 2 is 2.10 bits per heavy atom. The second-order valence-corrected chi connectivity index (χ2v) is 8.52. The SMILES string of the molecule is Cc1nn(C2CCS(=O)(=O)C2)c(Cl)c1CNCC1CC1.Cl. The summed E-state index contributed by atoms with van der Waals surface area (Å²) < 4.78 is 24.9. The highest BCUT2D eigenvalue weighted by Gasteiger charge is 2.32. The van der Waals surface area contributed by atoms with Crippen molar-refractivity contribution in [1.82, 2.24) is 15.1 Å². The maximum Gasteiger partial charge on any atom is 0.152 e. The predicted octanol–water partition coefficient (Wildman–Crippen LogP) is 2.13. The number of halogens is 2. The molecule has 0 radical (unpaired) electrons. The van der Waals surface area contributed by atoms with Crippen LogP contribution in [-0.4, -0.2) is 36.2 Å². The van der Waals surface area contributed by atoms with Crippen LogP contribution < -0.4 is 5.32 Å². The van der Waals surface area contributed by atoms with E-state index in [4.69, 9.17) is 11.6 Å². The average Bonchev–Trinajstić information content (AvgIpc) is 3.07. The molecule has 1 aromatic heterocycles. The molecule has 1 aliphatic carbocycles. The summed E-state index contributed by atoms with van der Waals surface area (Å²) in [5.74, 6) is 1.22. The van der Waals surface area contributed by atoms with Crippen LogP contribution in [0.5, 0.6) is 0 Å². The monoisotopic (exact) mass is 353 g/mol. The largest absolute Gasteiger partial charge is 0.312 e. The summed E-state index contributed by atoms with van der Waals surface area (Å²) in [6.07, 6.45) is 3.25. The highest BCUT2D eigenvalue weighted by atomic mass is 35.5. The lowest BCUT2D eigenvalue weighted by molar-refractivity contribution is 0.497. The summed E-state index contributed by atoms with van der Waals surface area (Å²) in [7, 11) is -2.92. The van der Waals surface area contributed by atoms with Crippen molar-refractivity contribution in [3.63, 3.8) is 0 Å². The topological polar surface area (TPSA) is 64.0 Å². The van der Waals surface area contributed by atoms with Crippen molar-refractivity contribution in [3.8, 4) is 0 Å². The Morgan fingerprint density at radius 3 is 2.67 bits per heavy atom. The zero-order chi connectivity index (χ0) is 14.3. The van der Waals surface area contributed by atoms with E-state index in [9.17, 15) is 8.42 Å². The molecule has 0 spiro atoms. The highest BCUT2D eigenvalue weighted by molar-refractivity contribution is 7.91. The zero-order valence-electron chi connectivity index (χ0n) is 12.0. The Hall–Kier alpha value is -0.300.